The standard InChI is InChI=1S/C15H16FNO2S/c1-11-6-12(2)8-13(7-11)10-17-20(18,19)15-5-3-4-14(16)9-15/h3-9,17H,10H2,1-2H3. The molecule has 0 saturated carbocycles. The number of benzene rings is 2. The van der Waals surface area contributed by atoms with Crippen molar-refractivity contribution in [2.24, 2.45) is 0 Å². The van der Waals surface area contributed by atoms with E-state index in [2.05, 4.69) is 4.72 Å². The van der Waals surface area contributed by atoms with Gasteiger partial charge in [0.25, 0.3) is 0 Å². The van der Waals surface area contributed by atoms with Crippen molar-refractivity contribution in [2.75, 3.05) is 0 Å². The molecule has 2 aromatic carbocycles. The molecule has 20 heavy (non-hydrogen) atoms. The number of nitrogens with one attached hydrogen (secondary N) is 1. The Morgan fingerprint density at radius 2 is 1.70 bits per heavy atom. The van der Waals surface area contributed by atoms with Crippen molar-refractivity contribution in [1.82, 2.24) is 4.72 Å². The zero-order valence-corrected chi connectivity index (χ0v) is 12.2. The summed E-state index contributed by atoms with van der Waals surface area (Å²) in [6.45, 7) is 4.09. The van der Waals surface area contributed by atoms with Crippen LogP contribution in [0, 0.1) is 19.7 Å². The molecule has 0 amide bonds. The van der Waals surface area contributed by atoms with Crippen molar-refractivity contribution in [3.63, 3.8) is 0 Å². The summed E-state index contributed by atoms with van der Waals surface area (Å²) in [5, 5.41) is 0. The average Bonchev–Trinajstić information content (AvgIpc) is 2.35. The van der Waals surface area contributed by atoms with E-state index < -0.39 is 15.8 Å². The molecule has 0 radical (unpaired) electrons. The highest BCUT2D eigenvalue weighted by atomic mass is 32.2. The Morgan fingerprint density at radius 1 is 1.05 bits per heavy atom. The Balaban J connectivity index is 2.17. The van der Waals surface area contributed by atoms with Crippen LogP contribution in [0.3, 0.4) is 0 Å². The van der Waals surface area contributed by atoms with Crippen LogP contribution in [-0.2, 0) is 16.6 Å². The number of halogens is 1. The van der Waals surface area contributed by atoms with Crippen LogP contribution in [-0.4, -0.2) is 8.42 Å². The topological polar surface area (TPSA) is 46.2 Å². The third-order valence-corrected chi connectivity index (χ3v) is 4.25. The number of sulfonamides is 1. The van der Waals surface area contributed by atoms with E-state index in [1.54, 1.807) is 0 Å². The third-order valence-electron chi connectivity index (χ3n) is 2.85. The fraction of sp³-hybridized carbons (Fsp3) is 0.200. The minimum atomic E-state index is -3.70. The van der Waals surface area contributed by atoms with Crippen LogP contribution in [0.4, 0.5) is 4.39 Å². The summed E-state index contributed by atoms with van der Waals surface area (Å²) in [6.07, 6.45) is 0. The van der Waals surface area contributed by atoms with Crippen LogP contribution in [0.5, 0.6) is 0 Å². The zero-order chi connectivity index (χ0) is 14.8. The van der Waals surface area contributed by atoms with Gasteiger partial charge in [0.1, 0.15) is 5.82 Å². The van der Waals surface area contributed by atoms with E-state index in [9.17, 15) is 12.8 Å². The first-order valence-electron chi connectivity index (χ1n) is 6.19. The van der Waals surface area contributed by atoms with Crippen LogP contribution < -0.4 is 4.72 Å². The van der Waals surface area contributed by atoms with Gasteiger partial charge in [-0.2, -0.15) is 0 Å². The predicted octanol–water partition coefficient (Wildman–Crippen LogP) is 2.92. The first-order chi connectivity index (χ1) is 9.37. The molecule has 0 fully saturated rings. The van der Waals surface area contributed by atoms with Gasteiger partial charge in [-0.05, 0) is 37.6 Å². The molecule has 2 rings (SSSR count). The number of aryl methyl sites for hydroxylation is 2. The maximum Gasteiger partial charge on any atom is 0.240 e. The van der Waals surface area contributed by atoms with E-state index in [1.165, 1.54) is 18.2 Å². The Labute approximate surface area is 118 Å². The van der Waals surface area contributed by atoms with Crippen molar-refractivity contribution < 1.29 is 12.8 Å². The zero-order valence-electron chi connectivity index (χ0n) is 11.4. The number of hydrogen-bond acceptors (Lipinski definition) is 2. The second kappa shape index (κ2) is 5.73. The lowest BCUT2D eigenvalue weighted by molar-refractivity contribution is 0.577. The molecule has 2 aromatic rings. The van der Waals surface area contributed by atoms with Gasteiger partial charge in [-0.3, -0.25) is 0 Å². The minimum absolute atomic E-state index is 0.0677. The molecule has 0 aromatic heterocycles. The Hall–Kier alpha value is -1.72. The molecule has 1 N–H and O–H groups in total. The molecule has 5 heteroatoms. The smallest absolute Gasteiger partial charge is 0.207 e. The Morgan fingerprint density at radius 3 is 2.30 bits per heavy atom. The summed E-state index contributed by atoms with van der Waals surface area (Å²) in [6, 6.07) is 10.8. The van der Waals surface area contributed by atoms with Crippen LogP contribution in [0.2, 0.25) is 0 Å². The number of rotatable bonds is 4. The summed E-state index contributed by atoms with van der Waals surface area (Å²) in [5.41, 5.74) is 3.03. The third kappa shape index (κ3) is 3.65. The SMILES string of the molecule is Cc1cc(C)cc(CNS(=O)(=O)c2cccc(F)c2)c1. The molecule has 0 unspecified atom stereocenters. The fourth-order valence-corrected chi connectivity index (χ4v) is 3.12. The highest BCUT2D eigenvalue weighted by molar-refractivity contribution is 7.89. The lowest BCUT2D eigenvalue weighted by Gasteiger charge is -2.08. The second-order valence-electron chi connectivity index (χ2n) is 4.78. The van der Waals surface area contributed by atoms with Gasteiger partial charge in [-0.15, -0.1) is 0 Å². The van der Waals surface area contributed by atoms with Gasteiger partial charge < -0.3 is 0 Å². The summed E-state index contributed by atoms with van der Waals surface area (Å²) in [4.78, 5) is -0.0677. The van der Waals surface area contributed by atoms with Gasteiger partial charge in [0.15, 0.2) is 0 Å². The van der Waals surface area contributed by atoms with Crippen molar-refractivity contribution in [2.45, 2.75) is 25.3 Å². The second-order valence-corrected chi connectivity index (χ2v) is 6.54. The molecular weight excluding hydrogens is 277 g/mol. The van der Waals surface area contributed by atoms with Crippen LogP contribution in [0.1, 0.15) is 16.7 Å². The van der Waals surface area contributed by atoms with Crippen LogP contribution >= 0.6 is 0 Å². The average molecular weight is 293 g/mol. The molecule has 0 atom stereocenters. The molecular formula is C15H16FNO2S. The lowest BCUT2D eigenvalue weighted by atomic mass is 10.1. The Bertz CT molecular complexity index is 706. The quantitative estimate of drug-likeness (QED) is 0.942. The molecule has 0 saturated heterocycles. The Kier molecular flexibility index (Phi) is 4.20. The maximum absolute atomic E-state index is 13.1. The van der Waals surface area contributed by atoms with E-state index >= 15 is 0 Å². The first kappa shape index (κ1) is 14.7. The van der Waals surface area contributed by atoms with Gasteiger partial charge in [-0.1, -0.05) is 35.4 Å². The lowest BCUT2D eigenvalue weighted by Crippen LogP contribution is -2.23. The fourth-order valence-electron chi connectivity index (χ4n) is 2.07. The van der Waals surface area contributed by atoms with Gasteiger partial charge in [0.2, 0.25) is 10.0 Å². The van der Waals surface area contributed by atoms with E-state index in [-0.39, 0.29) is 11.4 Å². The molecule has 106 valence electrons. The summed E-state index contributed by atoms with van der Waals surface area (Å²) < 4.78 is 39.7. The monoisotopic (exact) mass is 293 g/mol. The van der Waals surface area contributed by atoms with Crippen molar-refractivity contribution >= 4 is 10.0 Å². The highest BCUT2D eigenvalue weighted by Gasteiger charge is 2.14. The van der Waals surface area contributed by atoms with Crippen molar-refractivity contribution in [1.29, 1.82) is 0 Å². The largest absolute Gasteiger partial charge is 0.240 e. The van der Waals surface area contributed by atoms with Crippen molar-refractivity contribution in [3.05, 3.63) is 65.0 Å². The molecule has 0 aliphatic carbocycles. The highest BCUT2D eigenvalue weighted by Crippen LogP contribution is 2.13. The van der Waals surface area contributed by atoms with E-state index in [0.29, 0.717) is 0 Å². The molecule has 0 aliphatic heterocycles. The number of hydrogen-bond donors (Lipinski definition) is 1. The van der Waals surface area contributed by atoms with Gasteiger partial charge in [-0.25, -0.2) is 17.5 Å². The molecule has 3 nitrogen and oxygen atoms in total. The van der Waals surface area contributed by atoms with Gasteiger partial charge in [0.05, 0.1) is 4.90 Å². The summed E-state index contributed by atoms with van der Waals surface area (Å²) >= 11 is 0. The first-order valence-corrected chi connectivity index (χ1v) is 7.67. The van der Waals surface area contributed by atoms with Crippen LogP contribution in [0.15, 0.2) is 47.4 Å². The minimum Gasteiger partial charge on any atom is -0.207 e. The molecule has 0 spiro atoms. The van der Waals surface area contributed by atoms with E-state index in [1.807, 2.05) is 32.0 Å². The van der Waals surface area contributed by atoms with Crippen LogP contribution in [0.25, 0.3) is 0 Å². The van der Waals surface area contributed by atoms with Crippen molar-refractivity contribution in [3.8, 4) is 0 Å². The molecule has 0 bridgehead atoms. The molecule has 0 aliphatic rings. The van der Waals surface area contributed by atoms with Gasteiger partial charge >= 0.3 is 0 Å². The van der Waals surface area contributed by atoms with E-state index in [4.69, 9.17) is 0 Å². The van der Waals surface area contributed by atoms with Gasteiger partial charge in [0, 0.05) is 6.54 Å². The summed E-state index contributed by atoms with van der Waals surface area (Å²) in [5.74, 6) is -0.570. The maximum atomic E-state index is 13.1. The predicted molar refractivity (Wildman–Crippen MR) is 76.3 cm³/mol. The van der Waals surface area contributed by atoms with E-state index in [0.717, 1.165) is 22.8 Å². The molecule has 0 heterocycles. The summed E-state index contributed by atoms with van der Waals surface area (Å²) in [7, 11) is -3.70. The normalized spacial score (nSPS) is 11.6.